The summed E-state index contributed by atoms with van der Waals surface area (Å²) in [6.45, 7) is 2.10. The van der Waals surface area contributed by atoms with Gasteiger partial charge in [-0.15, -0.1) is 0 Å². The lowest BCUT2D eigenvalue weighted by atomic mass is 10.3. The maximum Gasteiger partial charge on any atom is 0.320 e. The highest BCUT2D eigenvalue weighted by molar-refractivity contribution is 6.08. The van der Waals surface area contributed by atoms with Gasteiger partial charge in [0.1, 0.15) is 11.9 Å². The third-order valence-electron chi connectivity index (χ3n) is 2.90. The number of hydrogen-bond acceptors (Lipinski definition) is 6. The molecule has 0 unspecified atom stereocenters. The van der Waals surface area contributed by atoms with Crippen molar-refractivity contribution in [3.8, 4) is 0 Å². The zero-order valence-corrected chi connectivity index (χ0v) is 11.8. The molecule has 2 aromatic heterocycles. The molecule has 3 N–H and O–H groups in total. The SMILES string of the molecule is CCn1cc([N+](=O)[O-])c(C(=O)Nc2cnn(C)c2C(N)=O)n1. The van der Waals surface area contributed by atoms with Gasteiger partial charge in [0.15, 0.2) is 0 Å². The molecule has 0 saturated heterocycles. The molecule has 0 aliphatic carbocycles. The van der Waals surface area contributed by atoms with Crippen LogP contribution in [0.2, 0.25) is 0 Å². The predicted molar refractivity (Wildman–Crippen MR) is 74.2 cm³/mol. The minimum atomic E-state index is -0.825. The van der Waals surface area contributed by atoms with Crippen LogP contribution in [0.3, 0.4) is 0 Å². The molecule has 0 aliphatic rings. The van der Waals surface area contributed by atoms with Crippen LogP contribution < -0.4 is 11.1 Å². The maximum absolute atomic E-state index is 12.2. The fourth-order valence-electron chi connectivity index (χ4n) is 1.87. The van der Waals surface area contributed by atoms with Gasteiger partial charge < -0.3 is 11.1 Å². The quantitative estimate of drug-likeness (QED) is 0.581. The summed E-state index contributed by atoms with van der Waals surface area (Å²) in [5, 5.41) is 21.0. The zero-order valence-electron chi connectivity index (χ0n) is 11.8. The van der Waals surface area contributed by atoms with Gasteiger partial charge in [-0.25, -0.2) is 0 Å². The number of nitro groups is 1. The average Bonchev–Trinajstić information content (AvgIpc) is 3.02. The van der Waals surface area contributed by atoms with E-state index in [1.54, 1.807) is 6.92 Å². The van der Waals surface area contributed by atoms with Gasteiger partial charge in [0.05, 0.1) is 16.8 Å². The van der Waals surface area contributed by atoms with E-state index in [-0.39, 0.29) is 17.1 Å². The third kappa shape index (κ3) is 2.63. The van der Waals surface area contributed by atoms with Gasteiger partial charge in [-0.05, 0) is 6.92 Å². The molecule has 0 aliphatic heterocycles. The second-order valence-corrected chi connectivity index (χ2v) is 4.32. The number of rotatable bonds is 5. The van der Waals surface area contributed by atoms with Gasteiger partial charge in [-0.1, -0.05) is 0 Å². The third-order valence-corrected chi connectivity index (χ3v) is 2.90. The molecule has 0 bridgehead atoms. The first-order chi connectivity index (χ1) is 10.3. The Kier molecular flexibility index (Phi) is 3.88. The van der Waals surface area contributed by atoms with Crippen molar-refractivity contribution in [1.29, 1.82) is 0 Å². The standard InChI is InChI=1S/C11H13N7O4/c1-3-17-5-7(18(21)22)8(15-17)11(20)14-6-4-13-16(2)9(6)10(12)19/h4-5H,3H2,1-2H3,(H2,12,19)(H,14,20). The second kappa shape index (κ2) is 5.63. The van der Waals surface area contributed by atoms with E-state index in [0.29, 0.717) is 6.54 Å². The molecule has 0 aromatic carbocycles. The molecule has 11 heteroatoms. The molecule has 0 atom stereocenters. The van der Waals surface area contributed by atoms with E-state index in [2.05, 4.69) is 15.5 Å². The summed E-state index contributed by atoms with van der Waals surface area (Å²) in [4.78, 5) is 33.8. The Hall–Kier alpha value is -3.24. The van der Waals surface area contributed by atoms with Gasteiger partial charge in [0, 0.05) is 13.6 Å². The smallest absolute Gasteiger partial charge is 0.320 e. The van der Waals surface area contributed by atoms with Crippen LogP contribution in [-0.4, -0.2) is 36.3 Å². The highest BCUT2D eigenvalue weighted by Crippen LogP contribution is 2.20. The van der Waals surface area contributed by atoms with Crippen molar-refractivity contribution >= 4 is 23.2 Å². The predicted octanol–water partition coefficient (Wildman–Crippen LogP) is -0.104. The molecular weight excluding hydrogens is 294 g/mol. The van der Waals surface area contributed by atoms with Crippen LogP contribution in [-0.2, 0) is 13.6 Å². The number of primary amides is 1. The first-order valence-corrected chi connectivity index (χ1v) is 6.20. The maximum atomic E-state index is 12.2. The fraction of sp³-hybridized carbons (Fsp3) is 0.273. The number of nitrogens with one attached hydrogen (secondary N) is 1. The van der Waals surface area contributed by atoms with E-state index in [4.69, 9.17) is 5.73 Å². The normalized spacial score (nSPS) is 10.5. The van der Waals surface area contributed by atoms with E-state index in [1.807, 2.05) is 0 Å². The molecule has 0 fully saturated rings. The highest BCUT2D eigenvalue weighted by Gasteiger charge is 2.27. The van der Waals surface area contributed by atoms with Gasteiger partial charge in [0.2, 0.25) is 5.69 Å². The van der Waals surface area contributed by atoms with Crippen molar-refractivity contribution in [2.24, 2.45) is 12.8 Å². The summed E-state index contributed by atoms with van der Waals surface area (Å²) in [5.74, 6) is -1.61. The molecule has 116 valence electrons. The number of nitrogens with zero attached hydrogens (tertiary/aromatic N) is 5. The number of carbonyl (C=O) groups excluding carboxylic acids is 2. The Labute approximate surface area is 123 Å². The average molecular weight is 307 g/mol. The van der Waals surface area contributed by atoms with Crippen molar-refractivity contribution in [3.63, 3.8) is 0 Å². The van der Waals surface area contributed by atoms with Gasteiger partial charge >= 0.3 is 5.69 Å². The molecule has 2 amide bonds. The van der Waals surface area contributed by atoms with E-state index >= 15 is 0 Å². The first-order valence-electron chi connectivity index (χ1n) is 6.20. The van der Waals surface area contributed by atoms with Crippen molar-refractivity contribution in [3.05, 3.63) is 33.9 Å². The van der Waals surface area contributed by atoms with Crippen LogP contribution in [0.15, 0.2) is 12.4 Å². The minimum absolute atomic E-state index is 0.0223. The highest BCUT2D eigenvalue weighted by atomic mass is 16.6. The molecule has 22 heavy (non-hydrogen) atoms. The van der Waals surface area contributed by atoms with Gasteiger partial charge in [0.25, 0.3) is 11.8 Å². The summed E-state index contributed by atoms with van der Waals surface area (Å²) >= 11 is 0. The van der Waals surface area contributed by atoms with Crippen LogP contribution in [0, 0.1) is 10.1 Å². The fourth-order valence-corrected chi connectivity index (χ4v) is 1.87. The van der Waals surface area contributed by atoms with E-state index in [9.17, 15) is 19.7 Å². The first kappa shape index (κ1) is 15.2. The van der Waals surface area contributed by atoms with Gasteiger partial charge in [-0.3, -0.25) is 29.1 Å². The van der Waals surface area contributed by atoms with Crippen LogP contribution in [0.1, 0.15) is 27.9 Å². The summed E-state index contributed by atoms with van der Waals surface area (Å²) in [5.41, 5.74) is 4.45. The lowest BCUT2D eigenvalue weighted by Gasteiger charge is -2.03. The lowest BCUT2D eigenvalue weighted by Crippen LogP contribution is -2.21. The number of aromatic nitrogens is 4. The number of hydrogen-bond donors (Lipinski definition) is 2. The van der Waals surface area contributed by atoms with Crippen LogP contribution in [0.4, 0.5) is 11.4 Å². The second-order valence-electron chi connectivity index (χ2n) is 4.32. The Morgan fingerprint density at radius 3 is 2.73 bits per heavy atom. The summed E-state index contributed by atoms with van der Waals surface area (Å²) in [6, 6.07) is 0. The Balaban J connectivity index is 2.36. The molecule has 2 aromatic rings. The molecule has 11 nitrogen and oxygen atoms in total. The van der Waals surface area contributed by atoms with Crippen LogP contribution >= 0.6 is 0 Å². The molecule has 0 radical (unpaired) electrons. The molecule has 0 saturated carbocycles. The largest absolute Gasteiger partial charge is 0.364 e. The Bertz CT molecular complexity index is 761. The Morgan fingerprint density at radius 2 is 2.18 bits per heavy atom. The lowest BCUT2D eigenvalue weighted by molar-refractivity contribution is -0.385. The topological polar surface area (TPSA) is 151 Å². The number of anilines is 1. The molecular formula is C11H13N7O4. The number of aryl methyl sites for hydroxylation is 2. The molecule has 2 rings (SSSR count). The number of carbonyl (C=O) groups is 2. The minimum Gasteiger partial charge on any atom is -0.364 e. The van der Waals surface area contributed by atoms with Crippen molar-refractivity contribution in [2.75, 3.05) is 5.32 Å². The Morgan fingerprint density at radius 1 is 1.50 bits per heavy atom. The monoisotopic (exact) mass is 307 g/mol. The summed E-state index contributed by atoms with van der Waals surface area (Å²) in [7, 11) is 1.48. The van der Waals surface area contributed by atoms with Crippen molar-refractivity contribution in [2.45, 2.75) is 13.5 Å². The van der Waals surface area contributed by atoms with Crippen molar-refractivity contribution in [1.82, 2.24) is 19.6 Å². The van der Waals surface area contributed by atoms with E-state index < -0.39 is 22.4 Å². The van der Waals surface area contributed by atoms with Crippen LogP contribution in [0.5, 0.6) is 0 Å². The van der Waals surface area contributed by atoms with Crippen LogP contribution in [0.25, 0.3) is 0 Å². The molecule has 0 spiro atoms. The van der Waals surface area contributed by atoms with Crippen molar-refractivity contribution < 1.29 is 14.5 Å². The molecule has 2 heterocycles. The van der Waals surface area contributed by atoms with Gasteiger partial charge in [-0.2, -0.15) is 10.2 Å². The van der Waals surface area contributed by atoms with E-state index in [0.717, 1.165) is 6.20 Å². The zero-order chi connectivity index (χ0) is 16.4. The number of amides is 2. The number of nitrogens with two attached hydrogens (primary N) is 1. The van der Waals surface area contributed by atoms with E-state index in [1.165, 1.54) is 22.6 Å². The summed E-state index contributed by atoms with van der Waals surface area (Å²) < 4.78 is 2.46. The summed E-state index contributed by atoms with van der Waals surface area (Å²) in [6.07, 6.45) is 2.38.